The van der Waals surface area contributed by atoms with Crippen molar-refractivity contribution in [3.63, 3.8) is 0 Å². The number of rotatable bonds is 4. The lowest BCUT2D eigenvalue weighted by atomic mass is 10.2. The zero-order valence-electron chi connectivity index (χ0n) is 14.2. The maximum atomic E-state index is 12.3. The van der Waals surface area contributed by atoms with Crippen LogP contribution >= 0.6 is 0 Å². The van der Waals surface area contributed by atoms with E-state index in [1.165, 1.54) is 0 Å². The highest BCUT2D eigenvalue weighted by Crippen LogP contribution is 2.19. The Labute approximate surface area is 146 Å². The van der Waals surface area contributed by atoms with Crippen LogP contribution in [-0.4, -0.2) is 66.2 Å². The highest BCUT2D eigenvalue weighted by Gasteiger charge is 2.24. The van der Waals surface area contributed by atoms with Gasteiger partial charge in [-0.1, -0.05) is 6.07 Å². The number of nitrogens with zero attached hydrogens (tertiary/aromatic N) is 3. The van der Waals surface area contributed by atoms with Crippen LogP contribution in [0.4, 0.5) is 4.79 Å². The van der Waals surface area contributed by atoms with E-state index in [0.717, 1.165) is 10.9 Å². The predicted octanol–water partition coefficient (Wildman–Crippen LogP) is 1.91. The largest absolute Gasteiger partial charge is 0.484 e. The first kappa shape index (κ1) is 17.0. The van der Waals surface area contributed by atoms with E-state index in [9.17, 15) is 9.59 Å². The third-order valence-corrected chi connectivity index (χ3v) is 4.10. The molecule has 0 aliphatic carbocycles. The lowest BCUT2D eigenvalue weighted by molar-refractivity contribution is -0.134. The molecule has 0 N–H and O–H groups in total. The summed E-state index contributed by atoms with van der Waals surface area (Å²) in [6.45, 7) is 4.04. The van der Waals surface area contributed by atoms with E-state index in [4.69, 9.17) is 9.47 Å². The summed E-state index contributed by atoms with van der Waals surface area (Å²) < 4.78 is 10.6. The normalized spacial score (nSPS) is 14.4. The molecule has 1 aromatic heterocycles. The van der Waals surface area contributed by atoms with Gasteiger partial charge in [-0.05, 0) is 31.2 Å². The first-order valence-electron chi connectivity index (χ1n) is 8.34. The quantitative estimate of drug-likeness (QED) is 0.848. The van der Waals surface area contributed by atoms with Crippen molar-refractivity contribution in [3.8, 4) is 5.75 Å². The van der Waals surface area contributed by atoms with Gasteiger partial charge in [-0.2, -0.15) is 0 Å². The van der Waals surface area contributed by atoms with Crippen molar-refractivity contribution < 1.29 is 19.1 Å². The van der Waals surface area contributed by atoms with Gasteiger partial charge >= 0.3 is 6.09 Å². The van der Waals surface area contributed by atoms with Crippen molar-refractivity contribution in [1.29, 1.82) is 0 Å². The topological polar surface area (TPSA) is 72.0 Å². The molecule has 0 radical (unpaired) electrons. The minimum Gasteiger partial charge on any atom is -0.484 e. The first-order valence-corrected chi connectivity index (χ1v) is 8.34. The van der Waals surface area contributed by atoms with E-state index in [2.05, 4.69) is 4.98 Å². The summed E-state index contributed by atoms with van der Waals surface area (Å²) >= 11 is 0. The summed E-state index contributed by atoms with van der Waals surface area (Å²) in [6, 6.07) is 9.36. The summed E-state index contributed by atoms with van der Waals surface area (Å²) in [5.41, 5.74) is 0.885. The molecule has 2 aromatic rings. The number of piperazine rings is 1. The smallest absolute Gasteiger partial charge is 0.409 e. The summed E-state index contributed by atoms with van der Waals surface area (Å²) in [5, 5.41) is 0.968. The van der Waals surface area contributed by atoms with Crippen LogP contribution in [0.2, 0.25) is 0 Å². The lowest BCUT2D eigenvalue weighted by Crippen LogP contribution is -2.51. The van der Waals surface area contributed by atoms with E-state index < -0.39 is 0 Å². The SMILES string of the molecule is CCOC(=O)N1CCN(C(=O)COc2ccc3ncccc3c2)CC1. The van der Waals surface area contributed by atoms with Crippen LogP contribution in [0.25, 0.3) is 10.9 Å². The van der Waals surface area contributed by atoms with Crippen LogP contribution < -0.4 is 4.74 Å². The van der Waals surface area contributed by atoms with Crippen molar-refractivity contribution >= 4 is 22.9 Å². The average Bonchev–Trinajstić information content (AvgIpc) is 2.66. The molecule has 1 aliphatic heterocycles. The molecule has 1 aromatic carbocycles. The van der Waals surface area contributed by atoms with Crippen LogP contribution in [0.5, 0.6) is 5.75 Å². The molecule has 0 unspecified atom stereocenters. The second-order valence-electron chi connectivity index (χ2n) is 5.71. The number of fused-ring (bicyclic) bond motifs is 1. The molecule has 0 saturated carbocycles. The third-order valence-electron chi connectivity index (χ3n) is 4.10. The maximum absolute atomic E-state index is 12.3. The minimum atomic E-state index is -0.323. The molecule has 7 nitrogen and oxygen atoms in total. The zero-order chi connectivity index (χ0) is 17.6. The molecule has 2 heterocycles. The van der Waals surface area contributed by atoms with Crippen LogP contribution in [0.3, 0.4) is 0 Å². The van der Waals surface area contributed by atoms with E-state index in [1.54, 1.807) is 29.0 Å². The number of carbonyl (C=O) groups excluding carboxylic acids is 2. The number of hydrogen-bond acceptors (Lipinski definition) is 5. The highest BCUT2D eigenvalue weighted by atomic mass is 16.6. The summed E-state index contributed by atoms with van der Waals surface area (Å²) in [4.78, 5) is 31.5. The Morgan fingerprint density at radius 2 is 1.88 bits per heavy atom. The Bertz CT molecular complexity index is 757. The third kappa shape index (κ3) is 4.17. The van der Waals surface area contributed by atoms with Gasteiger partial charge in [-0.3, -0.25) is 9.78 Å². The average molecular weight is 343 g/mol. The van der Waals surface area contributed by atoms with Gasteiger partial charge in [0, 0.05) is 37.8 Å². The van der Waals surface area contributed by atoms with Gasteiger partial charge in [-0.25, -0.2) is 4.79 Å². The Morgan fingerprint density at radius 3 is 2.64 bits per heavy atom. The fraction of sp³-hybridized carbons (Fsp3) is 0.389. The number of benzene rings is 1. The van der Waals surface area contributed by atoms with Crippen molar-refractivity contribution in [3.05, 3.63) is 36.5 Å². The molecular weight excluding hydrogens is 322 g/mol. The first-order chi connectivity index (χ1) is 12.2. The second-order valence-corrected chi connectivity index (χ2v) is 5.71. The van der Waals surface area contributed by atoms with E-state index in [1.807, 2.05) is 24.3 Å². The second kappa shape index (κ2) is 7.83. The molecule has 25 heavy (non-hydrogen) atoms. The minimum absolute atomic E-state index is 0.0226. The van der Waals surface area contributed by atoms with Gasteiger partial charge in [-0.15, -0.1) is 0 Å². The number of hydrogen-bond donors (Lipinski definition) is 0. The van der Waals surface area contributed by atoms with E-state index >= 15 is 0 Å². The monoisotopic (exact) mass is 343 g/mol. The van der Waals surface area contributed by atoms with E-state index in [-0.39, 0.29) is 18.6 Å². The molecule has 0 atom stereocenters. The van der Waals surface area contributed by atoms with Crippen molar-refractivity contribution in [1.82, 2.24) is 14.8 Å². The Kier molecular flexibility index (Phi) is 5.33. The number of pyridine rings is 1. The Balaban J connectivity index is 1.50. The molecule has 0 spiro atoms. The number of amides is 2. The maximum Gasteiger partial charge on any atom is 0.409 e. The molecular formula is C18H21N3O4. The van der Waals surface area contributed by atoms with Gasteiger partial charge in [0.15, 0.2) is 6.61 Å². The molecule has 2 amide bonds. The fourth-order valence-electron chi connectivity index (χ4n) is 2.73. The standard InChI is InChI=1S/C18H21N3O4/c1-2-24-18(23)21-10-8-20(9-11-21)17(22)13-25-15-5-6-16-14(12-15)4-3-7-19-16/h3-7,12H,2,8-11,13H2,1H3. The van der Waals surface area contributed by atoms with Crippen molar-refractivity contribution in [2.75, 3.05) is 39.4 Å². The Morgan fingerprint density at radius 1 is 1.12 bits per heavy atom. The van der Waals surface area contributed by atoms with Crippen LogP contribution in [0.15, 0.2) is 36.5 Å². The van der Waals surface area contributed by atoms with Gasteiger partial charge in [0.2, 0.25) is 0 Å². The lowest BCUT2D eigenvalue weighted by Gasteiger charge is -2.33. The molecule has 1 aliphatic rings. The summed E-state index contributed by atoms with van der Waals surface area (Å²) in [7, 11) is 0. The van der Waals surface area contributed by atoms with Crippen LogP contribution in [-0.2, 0) is 9.53 Å². The molecule has 1 saturated heterocycles. The van der Waals surface area contributed by atoms with Gasteiger partial charge < -0.3 is 19.3 Å². The van der Waals surface area contributed by atoms with Gasteiger partial charge in [0.05, 0.1) is 12.1 Å². The van der Waals surface area contributed by atoms with Crippen LogP contribution in [0, 0.1) is 0 Å². The fourth-order valence-corrected chi connectivity index (χ4v) is 2.73. The van der Waals surface area contributed by atoms with Crippen molar-refractivity contribution in [2.45, 2.75) is 6.92 Å². The van der Waals surface area contributed by atoms with Crippen LogP contribution in [0.1, 0.15) is 6.92 Å². The summed E-state index contributed by atoms with van der Waals surface area (Å²) in [5.74, 6) is 0.550. The molecule has 0 bridgehead atoms. The molecule has 3 rings (SSSR count). The zero-order valence-corrected chi connectivity index (χ0v) is 14.2. The highest BCUT2D eigenvalue weighted by molar-refractivity contribution is 5.81. The van der Waals surface area contributed by atoms with E-state index in [0.29, 0.717) is 38.5 Å². The molecule has 7 heteroatoms. The van der Waals surface area contributed by atoms with Gasteiger partial charge in [0.25, 0.3) is 5.91 Å². The molecule has 1 fully saturated rings. The van der Waals surface area contributed by atoms with Gasteiger partial charge in [0.1, 0.15) is 5.75 Å². The predicted molar refractivity (Wildman–Crippen MR) is 92.4 cm³/mol. The number of aromatic nitrogens is 1. The molecule has 132 valence electrons. The number of carbonyl (C=O) groups is 2. The Hall–Kier alpha value is -2.83. The summed E-state index contributed by atoms with van der Waals surface area (Å²) in [6.07, 6.45) is 1.41. The number of ether oxygens (including phenoxy) is 2. The van der Waals surface area contributed by atoms with Crippen molar-refractivity contribution in [2.24, 2.45) is 0 Å².